The van der Waals surface area contributed by atoms with Crippen LogP contribution in [-0.4, -0.2) is 42.2 Å². The molecule has 3 N–H and O–H groups in total. The van der Waals surface area contributed by atoms with E-state index < -0.39 is 6.09 Å². The van der Waals surface area contributed by atoms with E-state index in [1.165, 1.54) is 0 Å². The zero-order chi connectivity index (χ0) is 8.27. The maximum atomic E-state index is 10.2. The van der Waals surface area contributed by atoms with E-state index in [0.717, 1.165) is 0 Å². The second-order valence-electron chi connectivity index (χ2n) is 2.54. The Labute approximate surface area is 64.0 Å². The van der Waals surface area contributed by atoms with Crippen molar-refractivity contribution < 1.29 is 19.7 Å². The van der Waals surface area contributed by atoms with Crippen molar-refractivity contribution in [3.05, 3.63) is 0 Å². The molecule has 1 rings (SSSR count). The van der Waals surface area contributed by atoms with Gasteiger partial charge in [0.15, 0.2) is 0 Å². The Morgan fingerprint density at radius 1 is 1.64 bits per heavy atom. The van der Waals surface area contributed by atoms with E-state index >= 15 is 0 Å². The fraction of sp³-hybridized carbons (Fsp3) is 0.833. The van der Waals surface area contributed by atoms with Gasteiger partial charge in [0.1, 0.15) is 0 Å². The predicted octanol–water partition coefficient (Wildman–Crippen LogP) is -0.739. The first-order valence-electron chi connectivity index (χ1n) is 3.42. The molecule has 1 heterocycles. The van der Waals surface area contributed by atoms with Crippen LogP contribution in [0.2, 0.25) is 0 Å². The van der Waals surface area contributed by atoms with E-state index in [4.69, 9.17) is 14.9 Å². The van der Waals surface area contributed by atoms with Gasteiger partial charge in [-0.2, -0.15) is 0 Å². The van der Waals surface area contributed by atoms with Gasteiger partial charge in [0, 0.05) is 5.92 Å². The Morgan fingerprint density at radius 2 is 2.36 bits per heavy atom. The molecule has 0 radical (unpaired) electrons. The van der Waals surface area contributed by atoms with Gasteiger partial charge in [0.2, 0.25) is 0 Å². The lowest BCUT2D eigenvalue weighted by atomic mass is 10.1. The van der Waals surface area contributed by atoms with Crippen LogP contribution in [0.25, 0.3) is 0 Å². The van der Waals surface area contributed by atoms with E-state index in [9.17, 15) is 4.79 Å². The van der Waals surface area contributed by atoms with Crippen LogP contribution in [0.5, 0.6) is 0 Å². The number of hydrogen-bond donors (Lipinski definition) is 3. The third-order valence-electron chi connectivity index (χ3n) is 1.74. The summed E-state index contributed by atoms with van der Waals surface area (Å²) in [5.74, 6) is -0.0916. The highest BCUT2D eigenvalue weighted by Gasteiger charge is 2.28. The third kappa shape index (κ3) is 2.06. The minimum Gasteiger partial charge on any atom is -0.465 e. The van der Waals surface area contributed by atoms with Gasteiger partial charge >= 0.3 is 6.09 Å². The molecule has 0 aromatic carbocycles. The lowest BCUT2D eigenvalue weighted by Gasteiger charge is -2.13. The molecule has 0 aromatic rings. The number of aliphatic hydroxyl groups excluding tert-OH is 1. The molecular weight excluding hydrogens is 150 g/mol. The molecule has 0 aliphatic carbocycles. The average Bonchev–Trinajstić information content (AvgIpc) is 2.34. The van der Waals surface area contributed by atoms with Crippen LogP contribution in [0.1, 0.15) is 0 Å². The summed E-state index contributed by atoms with van der Waals surface area (Å²) in [5, 5.41) is 19.3. The Balaban J connectivity index is 2.37. The molecule has 0 spiro atoms. The van der Waals surface area contributed by atoms with Crippen molar-refractivity contribution in [2.24, 2.45) is 5.92 Å². The number of rotatable bonds is 2. The Hall–Kier alpha value is -0.810. The lowest BCUT2D eigenvalue weighted by molar-refractivity contribution is 0.160. The molecule has 64 valence electrons. The molecule has 5 heteroatoms. The van der Waals surface area contributed by atoms with Gasteiger partial charge in [-0.3, -0.25) is 0 Å². The summed E-state index contributed by atoms with van der Waals surface area (Å²) < 4.78 is 4.98. The van der Waals surface area contributed by atoms with E-state index in [1.54, 1.807) is 0 Å². The molecule has 0 bridgehead atoms. The molecule has 5 nitrogen and oxygen atoms in total. The lowest BCUT2D eigenvalue weighted by Crippen LogP contribution is -2.40. The zero-order valence-electron chi connectivity index (χ0n) is 5.99. The average molecular weight is 161 g/mol. The summed E-state index contributed by atoms with van der Waals surface area (Å²) in [5.41, 5.74) is 0. The van der Waals surface area contributed by atoms with Crippen molar-refractivity contribution in [3.63, 3.8) is 0 Å². The molecule has 0 unspecified atom stereocenters. The first kappa shape index (κ1) is 8.29. The first-order chi connectivity index (χ1) is 5.24. The molecular formula is C6H11NO4. The summed E-state index contributed by atoms with van der Waals surface area (Å²) in [6.45, 7) is 0.754. The number of carboxylic acid groups (broad SMARTS) is 1. The highest BCUT2D eigenvalue weighted by Crippen LogP contribution is 2.12. The van der Waals surface area contributed by atoms with Gasteiger partial charge in [-0.1, -0.05) is 0 Å². The third-order valence-corrected chi connectivity index (χ3v) is 1.74. The molecule has 0 saturated carbocycles. The fourth-order valence-corrected chi connectivity index (χ4v) is 1.10. The zero-order valence-corrected chi connectivity index (χ0v) is 5.99. The predicted molar refractivity (Wildman–Crippen MR) is 36.3 cm³/mol. The summed E-state index contributed by atoms with van der Waals surface area (Å²) in [7, 11) is 0. The minimum atomic E-state index is -1.07. The number of hydrogen-bond acceptors (Lipinski definition) is 3. The summed E-state index contributed by atoms with van der Waals surface area (Å²) in [6.07, 6.45) is -1.07. The highest BCUT2D eigenvalue weighted by molar-refractivity contribution is 5.64. The standard InChI is InChI=1S/C6H11NO4/c8-1-4-2-11-3-5(4)7-6(9)10/h4-5,7-8H,1-3H2,(H,9,10)/t4-,5-/m0/s1. The van der Waals surface area contributed by atoms with Crippen molar-refractivity contribution >= 4 is 6.09 Å². The normalized spacial score (nSPS) is 30.3. The number of nitrogens with one attached hydrogen (secondary N) is 1. The van der Waals surface area contributed by atoms with Crippen molar-refractivity contribution in [2.75, 3.05) is 19.8 Å². The van der Waals surface area contributed by atoms with Crippen molar-refractivity contribution in [2.45, 2.75) is 6.04 Å². The van der Waals surface area contributed by atoms with Gasteiger partial charge in [-0.05, 0) is 0 Å². The molecule has 1 fully saturated rings. The van der Waals surface area contributed by atoms with Crippen LogP contribution >= 0.6 is 0 Å². The largest absolute Gasteiger partial charge is 0.465 e. The monoisotopic (exact) mass is 161 g/mol. The Morgan fingerprint density at radius 3 is 2.91 bits per heavy atom. The van der Waals surface area contributed by atoms with E-state index in [2.05, 4.69) is 5.32 Å². The van der Waals surface area contributed by atoms with E-state index in [-0.39, 0.29) is 18.6 Å². The number of amides is 1. The molecule has 1 saturated heterocycles. The Bertz CT molecular complexity index is 150. The maximum absolute atomic E-state index is 10.2. The fourth-order valence-electron chi connectivity index (χ4n) is 1.10. The molecule has 11 heavy (non-hydrogen) atoms. The van der Waals surface area contributed by atoms with Crippen LogP contribution in [0, 0.1) is 5.92 Å². The summed E-state index contributed by atoms with van der Waals surface area (Å²) in [6, 6.07) is -0.252. The van der Waals surface area contributed by atoms with Crippen molar-refractivity contribution in [1.29, 1.82) is 0 Å². The van der Waals surface area contributed by atoms with Crippen LogP contribution < -0.4 is 5.32 Å². The number of aliphatic hydroxyl groups is 1. The topological polar surface area (TPSA) is 78.8 Å². The smallest absolute Gasteiger partial charge is 0.404 e. The molecule has 2 atom stereocenters. The quantitative estimate of drug-likeness (QED) is 0.498. The van der Waals surface area contributed by atoms with Crippen molar-refractivity contribution in [3.8, 4) is 0 Å². The number of carbonyl (C=O) groups is 1. The molecule has 1 aliphatic heterocycles. The van der Waals surface area contributed by atoms with Gasteiger partial charge in [-0.15, -0.1) is 0 Å². The van der Waals surface area contributed by atoms with Crippen LogP contribution in [-0.2, 0) is 4.74 Å². The number of ether oxygens (including phenoxy) is 1. The molecule has 0 aromatic heterocycles. The van der Waals surface area contributed by atoms with Crippen LogP contribution in [0.4, 0.5) is 4.79 Å². The van der Waals surface area contributed by atoms with E-state index in [0.29, 0.717) is 13.2 Å². The summed E-state index contributed by atoms with van der Waals surface area (Å²) >= 11 is 0. The second-order valence-corrected chi connectivity index (χ2v) is 2.54. The van der Waals surface area contributed by atoms with E-state index in [1.807, 2.05) is 0 Å². The van der Waals surface area contributed by atoms with Gasteiger partial charge < -0.3 is 20.3 Å². The van der Waals surface area contributed by atoms with Gasteiger partial charge in [0.05, 0.1) is 25.9 Å². The molecule has 1 aliphatic rings. The molecule has 1 amide bonds. The van der Waals surface area contributed by atoms with Gasteiger partial charge in [0.25, 0.3) is 0 Å². The van der Waals surface area contributed by atoms with Crippen LogP contribution in [0.15, 0.2) is 0 Å². The van der Waals surface area contributed by atoms with Crippen LogP contribution in [0.3, 0.4) is 0 Å². The van der Waals surface area contributed by atoms with Gasteiger partial charge in [-0.25, -0.2) is 4.79 Å². The highest BCUT2D eigenvalue weighted by atomic mass is 16.5. The Kier molecular flexibility index (Phi) is 2.67. The minimum absolute atomic E-state index is 0.0368. The SMILES string of the molecule is O=C(O)N[C@H]1COC[C@@H]1CO. The van der Waals surface area contributed by atoms with Crippen molar-refractivity contribution in [1.82, 2.24) is 5.32 Å². The maximum Gasteiger partial charge on any atom is 0.404 e. The first-order valence-corrected chi connectivity index (χ1v) is 3.42. The second kappa shape index (κ2) is 3.54. The summed E-state index contributed by atoms with van der Waals surface area (Å²) in [4.78, 5) is 10.2.